The maximum atomic E-state index is 12.8. The van der Waals surface area contributed by atoms with Gasteiger partial charge < -0.3 is 28.8 Å². The molecule has 1 amide bonds. The number of aliphatic hydroxyl groups is 1. The lowest BCUT2D eigenvalue weighted by atomic mass is 10.0. The first-order chi connectivity index (χ1) is 27.5. The van der Waals surface area contributed by atoms with E-state index in [1.807, 2.05) is 27.2 Å². The summed E-state index contributed by atoms with van der Waals surface area (Å²) in [7, 11) is 1.24. The van der Waals surface area contributed by atoms with Gasteiger partial charge in [0.2, 0.25) is 5.91 Å². The first-order valence-electron chi connectivity index (χ1n) is 23.9. The second kappa shape index (κ2) is 40.1. The van der Waals surface area contributed by atoms with Crippen molar-refractivity contribution in [3.8, 4) is 0 Å². The molecule has 0 radical (unpaired) electrons. The van der Waals surface area contributed by atoms with Gasteiger partial charge in [-0.15, -0.1) is 0 Å². The Kier molecular flexibility index (Phi) is 39.2. The second-order valence-corrected chi connectivity index (χ2v) is 18.9. The lowest BCUT2D eigenvalue weighted by molar-refractivity contribution is -0.870. The molecule has 3 atom stereocenters. The molecule has 0 heterocycles. The lowest BCUT2D eigenvalue weighted by Crippen LogP contribution is -2.45. The number of hydrogen-bond acceptors (Lipinski definition) is 6. The van der Waals surface area contributed by atoms with Crippen molar-refractivity contribution in [3.05, 3.63) is 36.5 Å². The van der Waals surface area contributed by atoms with E-state index in [-0.39, 0.29) is 12.5 Å². The molecule has 0 saturated heterocycles. The first-order valence-corrected chi connectivity index (χ1v) is 25.3. The van der Waals surface area contributed by atoms with E-state index in [9.17, 15) is 19.4 Å². The van der Waals surface area contributed by atoms with Gasteiger partial charge in [0, 0.05) is 6.42 Å². The number of carbonyl (C=O) groups is 1. The molecule has 0 aliphatic heterocycles. The molecule has 3 unspecified atom stereocenters. The highest BCUT2D eigenvalue weighted by atomic mass is 31.2. The molecule has 0 bridgehead atoms. The minimum Gasteiger partial charge on any atom is -0.756 e. The van der Waals surface area contributed by atoms with Crippen LogP contribution in [0.1, 0.15) is 213 Å². The van der Waals surface area contributed by atoms with E-state index in [2.05, 4.69) is 43.5 Å². The van der Waals surface area contributed by atoms with Crippen LogP contribution in [0.5, 0.6) is 0 Å². The molecule has 0 aromatic heterocycles. The van der Waals surface area contributed by atoms with Crippen molar-refractivity contribution in [1.82, 2.24) is 5.32 Å². The summed E-state index contributed by atoms with van der Waals surface area (Å²) < 4.78 is 23.1. The van der Waals surface area contributed by atoms with Gasteiger partial charge >= 0.3 is 0 Å². The van der Waals surface area contributed by atoms with Gasteiger partial charge in [0.1, 0.15) is 13.2 Å². The molecule has 0 saturated carbocycles. The standard InChI is InChI=1S/C48H93N2O6P/c1-6-8-10-12-14-16-18-19-20-21-22-23-24-25-26-27-28-29-30-31-32-33-35-37-39-41-47(51)46(45-56-57(53,54)55-44-43-50(3,4)5)49-48(52)42-40-38-36-34-17-15-13-11-9-7-2/h13,15,32-33,39,41,46-47,51H,6-12,14,16-31,34-38,40,42-45H2,1-5H3,(H-,49,52,53,54)/b15-13-,33-32+,41-39+. The second-order valence-electron chi connectivity index (χ2n) is 17.5. The Morgan fingerprint density at radius 2 is 1.00 bits per heavy atom. The lowest BCUT2D eigenvalue weighted by Gasteiger charge is -2.29. The Morgan fingerprint density at radius 1 is 0.596 bits per heavy atom. The molecule has 0 aromatic rings. The van der Waals surface area contributed by atoms with Gasteiger partial charge in [0.05, 0.1) is 39.9 Å². The van der Waals surface area contributed by atoms with E-state index in [0.29, 0.717) is 17.4 Å². The average Bonchev–Trinajstić information content (AvgIpc) is 3.16. The van der Waals surface area contributed by atoms with Gasteiger partial charge in [-0.2, -0.15) is 0 Å². The van der Waals surface area contributed by atoms with E-state index >= 15 is 0 Å². The summed E-state index contributed by atoms with van der Waals surface area (Å²) in [6.45, 7) is 4.57. The van der Waals surface area contributed by atoms with Crippen LogP contribution in [-0.4, -0.2) is 68.5 Å². The maximum Gasteiger partial charge on any atom is 0.268 e. The van der Waals surface area contributed by atoms with E-state index in [1.54, 1.807) is 6.08 Å². The molecular weight excluding hydrogens is 732 g/mol. The molecule has 0 fully saturated rings. The van der Waals surface area contributed by atoms with E-state index in [1.165, 1.54) is 135 Å². The average molecular weight is 825 g/mol. The third kappa shape index (κ3) is 42.6. The molecule has 0 aromatic carbocycles. The fourth-order valence-electron chi connectivity index (χ4n) is 6.74. The number of likely N-dealkylation sites (N-methyl/N-ethyl adjacent to an activating group) is 1. The third-order valence-corrected chi connectivity index (χ3v) is 11.5. The van der Waals surface area contributed by atoms with Crippen molar-refractivity contribution in [3.63, 3.8) is 0 Å². The van der Waals surface area contributed by atoms with E-state index in [4.69, 9.17) is 9.05 Å². The summed E-state index contributed by atoms with van der Waals surface area (Å²) in [5.74, 6) is -0.222. The van der Waals surface area contributed by atoms with Crippen LogP contribution in [0.15, 0.2) is 36.5 Å². The summed E-state index contributed by atoms with van der Waals surface area (Å²) in [6, 6.07) is -0.906. The number of nitrogens with zero attached hydrogens (tertiary/aromatic N) is 1. The number of nitrogens with one attached hydrogen (secondary N) is 1. The van der Waals surface area contributed by atoms with Gasteiger partial charge in [0.15, 0.2) is 0 Å². The van der Waals surface area contributed by atoms with Crippen molar-refractivity contribution in [1.29, 1.82) is 0 Å². The van der Waals surface area contributed by atoms with Crippen LogP contribution >= 0.6 is 7.82 Å². The number of phosphoric acid groups is 1. The Labute approximate surface area is 353 Å². The molecule has 0 aliphatic rings. The number of unbranched alkanes of at least 4 members (excludes halogenated alkanes) is 26. The van der Waals surface area contributed by atoms with E-state index in [0.717, 1.165) is 57.8 Å². The Morgan fingerprint density at radius 3 is 1.47 bits per heavy atom. The smallest absolute Gasteiger partial charge is 0.268 e. The monoisotopic (exact) mass is 825 g/mol. The van der Waals surface area contributed by atoms with Crippen molar-refractivity contribution in [2.24, 2.45) is 0 Å². The Balaban J connectivity index is 4.27. The maximum absolute atomic E-state index is 12.8. The summed E-state index contributed by atoms with van der Waals surface area (Å²) in [5, 5.41) is 13.7. The highest BCUT2D eigenvalue weighted by molar-refractivity contribution is 7.45. The SMILES string of the molecule is CCCC/C=C\CCCCCCC(=O)NC(COP(=O)([O-])OCC[N+](C)(C)C)C(O)/C=C/CC/C=C/CCCCCCCCCCCCCCCCCCCCC. The third-order valence-electron chi connectivity index (χ3n) is 10.6. The van der Waals surface area contributed by atoms with Crippen LogP contribution < -0.4 is 10.2 Å². The number of hydrogen-bond donors (Lipinski definition) is 2. The Bertz CT molecular complexity index is 1030. The molecule has 57 heavy (non-hydrogen) atoms. The largest absolute Gasteiger partial charge is 0.756 e. The fraction of sp³-hybridized carbons (Fsp3) is 0.854. The highest BCUT2D eigenvalue weighted by Crippen LogP contribution is 2.38. The Hall–Kier alpha value is -1.28. The van der Waals surface area contributed by atoms with Gasteiger partial charge in [-0.3, -0.25) is 9.36 Å². The summed E-state index contributed by atoms with van der Waals surface area (Å²) in [5.41, 5.74) is 0. The molecule has 2 N–H and O–H groups in total. The fourth-order valence-corrected chi connectivity index (χ4v) is 7.46. The van der Waals surface area contributed by atoms with Crippen LogP contribution in [0.4, 0.5) is 0 Å². The van der Waals surface area contributed by atoms with Crippen LogP contribution in [0, 0.1) is 0 Å². The molecule has 336 valence electrons. The zero-order valence-electron chi connectivity index (χ0n) is 38.0. The van der Waals surface area contributed by atoms with Crippen molar-refractivity contribution < 1.29 is 32.9 Å². The van der Waals surface area contributed by atoms with Crippen LogP contribution in [0.2, 0.25) is 0 Å². The number of aliphatic hydroxyl groups excluding tert-OH is 1. The number of rotatable bonds is 43. The normalized spacial score (nSPS) is 14.6. The van der Waals surface area contributed by atoms with Crippen molar-refractivity contribution in [2.45, 2.75) is 225 Å². The number of phosphoric ester groups is 1. The molecule has 0 rings (SSSR count). The van der Waals surface area contributed by atoms with Gasteiger partial charge in [0.25, 0.3) is 7.82 Å². The molecule has 0 aliphatic carbocycles. The van der Waals surface area contributed by atoms with Crippen molar-refractivity contribution >= 4 is 13.7 Å². The topological polar surface area (TPSA) is 108 Å². The zero-order chi connectivity index (χ0) is 42.1. The van der Waals surface area contributed by atoms with Crippen LogP contribution in [-0.2, 0) is 18.4 Å². The quantitative estimate of drug-likeness (QED) is 0.0274. The number of amides is 1. The molecule has 9 heteroatoms. The molecule has 0 spiro atoms. The highest BCUT2D eigenvalue weighted by Gasteiger charge is 2.23. The minimum absolute atomic E-state index is 0.00856. The van der Waals surface area contributed by atoms with Crippen LogP contribution in [0.3, 0.4) is 0 Å². The predicted octanol–water partition coefficient (Wildman–Crippen LogP) is 12.8. The number of quaternary nitrogens is 1. The number of allylic oxidation sites excluding steroid dienone is 5. The van der Waals surface area contributed by atoms with Gasteiger partial charge in [-0.05, 0) is 51.4 Å². The van der Waals surface area contributed by atoms with Crippen molar-refractivity contribution in [2.75, 3.05) is 40.9 Å². The summed E-state index contributed by atoms with van der Waals surface area (Å²) >= 11 is 0. The minimum atomic E-state index is -4.59. The number of carbonyl (C=O) groups excluding carboxylic acids is 1. The summed E-state index contributed by atoms with van der Waals surface area (Å²) in [6.07, 6.45) is 49.4. The predicted molar refractivity (Wildman–Crippen MR) is 242 cm³/mol. The first kappa shape index (κ1) is 55.7. The van der Waals surface area contributed by atoms with Crippen LogP contribution in [0.25, 0.3) is 0 Å². The van der Waals surface area contributed by atoms with Gasteiger partial charge in [-0.1, -0.05) is 192 Å². The molecular formula is C48H93N2O6P. The van der Waals surface area contributed by atoms with Gasteiger partial charge in [-0.25, -0.2) is 0 Å². The zero-order valence-corrected chi connectivity index (χ0v) is 38.9. The molecule has 8 nitrogen and oxygen atoms in total. The van der Waals surface area contributed by atoms with E-state index < -0.39 is 26.6 Å². The summed E-state index contributed by atoms with van der Waals surface area (Å²) in [4.78, 5) is 25.2.